The first-order valence-corrected chi connectivity index (χ1v) is 8.77. The summed E-state index contributed by atoms with van der Waals surface area (Å²) in [7, 11) is 0. The molecule has 0 aromatic heterocycles. The number of piperidine rings is 1. The predicted molar refractivity (Wildman–Crippen MR) is 101 cm³/mol. The average molecular weight is 362 g/mol. The van der Waals surface area contributed by atoms with Crippen LogP contribution < -0.4 is 15.5 Å². The van der Waals surface area contributed by atoms with Crippen molar-refractivity contribution < 1.29 is 9.18 Å². The molecule has 0 unspecified atom stereocenters. The van der Waals surface area contributed by atoms with Gasteiger partial charge in [-0.15, -0.1) is 0 Å². The van der Waals surface area contributed by atoms with E-state index in [2.05, 4.69) is 22.5 Å². The lowest BCUT2D eigenvalue weighted by atomic mass is 9.99. The fourth-order valence-electron chi connectivity index (χ4n) is 2.89. The Balaban J connectivity index is 1.57. The normalized spacial score (nSPS) is 15.1. The van der Waals surface area contributed by atoms with Gasteiger partial charge in [0.2, 0.25) is 0 Å². The van der Waals surface area contributed by atoms with E-state index in [9.17, 15) is 9.18 Å². The first-order valence-electron chi connectivity index (χ1n) is 8.39. The number of hydrogen-bond donors (Lipinski definition) is 2. The predicted octanol–water partition coefficient (Wildman–Crippen LogP) is 5.36. The van der Waals surface area contributed by atoms with E-state index in [4.69, 9.17) is 11.6 Å². The van der Waals surface area contributed by atoms with Crippen LogP contribution in [-0.2, 0) is 0 Å². The number of rotatable bonds is 3. The molecule has 2 aromatic carbocycles. The number of nitrogens with zero attached hydrogens (tertiary/aromatic N) is 1. The van der Waals surface area contributed by atoms with Crippen molar-refractivity contribution in [3.05, 3.63) is 53.3 Å². The van der Waals surface area contributed by atoms with E-state index < -0.39 is 11.8 Å². The maximum absolute atomic E-state index is 13.1. The van der Waals surface area contributed by atoms with Gasteiger partial charge in [0.25, 0.3) is 0 Å². The molecule has 6 heteroatoms. The van der Waals surface area contributed by atoms with Crippen LogP contribution in [0.2, 0.25) is 5.02 Å². The third kappa shape index (κ3) is 4.63. The molecule has 1 fully saturated rings. The van der Waals surface area contributed by atoms with E-state index in [0.29, 0.717) is 11.4 Å². The maximum Gasteiger partial charge on any atom is 0.323 e. The lowest BCUT2D eigenvalue weighted by Crippen LogP contribution is -2.32. The summed E-state index contributed by atoms with van der Waals surface area (Å²) in [5.41, 5.74) is 2.30. The van der Waals surface area contributed by atoms with Gasteiger partial charge in [-0.2, -0.15) is 0 Å². The lowest BCUT2D eigenvalue weighted by Gasteiger charge is -2.32. The largest absolute Gasteiger partial charge is 0.372 e. The molecule has 2 amide bonds. The zero-order valence-electron chi connectivity index (χ0n) is 14.1. The molecule has 0 bridgehead atoms. The Labute approximate surface area is 152 Å². The van der Waals surface area contributed by atoms with Crippen LogP contribution in [-0.4, -0.2) is 19.1 Å². The standard InChI is InChI=1S/C19H21ClFN3O/c1-13-8-10-24(11-9-13)16-5-2-14(3-6-16)22-19(25)23-15-4-7-18(21)17(20)12-15/h2-7,12-13H,8-11H2,1H3,(H2,22,23,25). The van der Waals surface area contributed by atoms with Gasteiger partial charge < -0.3 is 15.5 Å². The van der Waals surface area contributed by atoms with E-state index in [0.717, 1.165) is 19.0 Å². The van der Waals surface area contributed by atoms with Crippen LogP contribution in [0.5, 0.6) is 0 Å². The smallest absolute Gasteiger partial charge is 0.323 e. The summed E-state index contributed by atoms with van der Waals surface area (Å²) in [6, 6.07) is 11.4. The average Bonchev–Trinajstić information content (AvgIpc) is 2.60. The van der Waals surface area contributed by atoms with Crippen LogP contribution in [0.1, 0.15) is 19.8 Å². The number of hydrogen-bond acceptors (Lipinski definition) is 2. The van der Waals surface area contributed by atoms with E-state index in [-0.39, 0.29) is 5.02 Å². The molecule has 0 radical (unpaired) electrons. The van der Waals surface area contributed by atoms with Crippen LogP contribution in [0.15, 0.2) is 42.5 Å². The Hall–Kier alpha value is -2.27. The molecule has 0 aliphatic carbocycles. The summed E-state index contributed by atoms with van der Waals surface area (Å²) in [6.45, 7) is 4.43. The van der Waals surface area contributed by atoms with Gasteiger partial charge in [-0.25, -0.2) is 9.18 Å². The molecule has 1 saturated heterocycles. The van der Waals surface area contributed by atoms with Crippen LogP contribution in [0.3, 0.4) is 0 Å². The fraction of sp³-hybridized carbons (Fsp3) is 0.316. The number of anilines is 3. The Morgan fingerprint density at radius 1 is 1.08 bits per heavy atom. The Kier molecular flexibility index (Phi) is 5.43. The zero-order chi connectivity index (χ0) is 17.8. The summed E-state index contributed by atoms with van der Waals surface area (Å²) in [6.07, 6.45) is 2.42. The van der Waals surface area contributed by atoms with Gasteiger partial charge in [-0.3, -0.25) is 0 Å². The van der Waals surface area contributed by atoms with Crippen LogP contribution in [0, 0.1) is 11.7 Å². The Morgan fingerprint density at radius 3 is 2.32 bits per heavy atom. The maximum atomic E-state index is 13.1. The third-order valence-corrected chi connectivity index (χ3v) is 4.74. The number of carbonyl (C=O) groups is 1. The molecule has 2 N–H and O–H groups in total. The highest BCUT2D eigenvalue weighted by Crippen LogP contribution is 2.24. The number of amides is 2. The van der Waals surface area contributed by atoms with E-state index in [1.54, 1.807) is 0 Å². The summed E-state index contributed by atoms with van der Waals surface area (Å²) >= 11 is 5.71. The third-order valence-electron chi connectivity index (χ3n) is 4.45. The lowest BCUT2D eigenvalue weighted by molar-refractivity contribution is 0.262. The van der Waals surface area contributed by atoms with E-state index in [1.807, 2.05) is 24.3 Å². The van der Waals surface area contributed by atoms with Gasteiger partial charge in [0.1, 0.15) is 5.82 Å². The molecule has 4 nitrogen and oxygen atoms in total. The van der Waals surface area contributed by atoms with Crippen molar-refractivity contribution in [1.82, 2.24) is 0 Å². The SMILES string of the molecule is CC1CCN(c2ccc(NC(=O)Nc3ccc(F)c(Cl)c3)cc2)CC1. The van der Waals surface area contributed by atoms with Crippen molar-refractivity contribution in [3.63, 3.8) is 0 Å². The number of halogens is 2. The molecule has 3 rings (SSSR count). The molecular formula is C19H21ClFN3O. The first-order chi connectivity index (χ1) is 12.0. The molecule has 1 aliphatic heterocycles. The summed E-state index contributed by atoms with van der Waals surface area (Å²) < 4.78 is 13.1. The monoisotopic (exact) mass is 361 g/mol. The summed E-state index contributed by atoms with van der Waals surface area (Å²) in [4.78, 5) is 14.4. The van der Waals surface area contributed by atoms with Crippen molar-refractivity contribution in [2.75, 3.05) is 28.6 Å². The quantitative estimate of drug-likeness (QED) is 0.773. The van der Waals surface area contributed by atoms with Crippen molar-refractivity contribution in [1.29, 1.82) is 0 Å². The second-order valence-electron chi connectivity index (χ2n) is 6.42. The summed E-state index contributed by atoms with van der Waals surface area (Å²) in [5, 5.41) is 5.36. The van der Waals surface area contributed by atoms with Gasteiger partial charge in [0, 0.05) is 30.2 Å². The molecule has 1 aliphatic rings. The van der Waals surface area contributed by atoms with Crippen molar-refractivity contribution in [3.8, 4) is 0 Å². The minimum Gasteiger partial charge on any atom is -0.372 e. The van der Waals surface area contributed by atoms with Crippen molar-refractivity contribution >= 4 is 34.7 Å². The molecular weight excluding hydrogens is 341 g/mol. The number of carbonyl (C=O) groups excluding carboxylic acids is 1. The van der Waals surface area contributed by atoms with Gasteiger partial charge in [-0.1, -0.05) is 18.5 Å². The number of nitrogens with one attached hydrogen (secondary N) is 2. The first kappa shape index (κ1) is 17.5. The van der Waals surface area contributed by atoms with Gasteiger partial charge >= 0.3 is 6.03 Å². The molecule has 2 aromatic rings. The second-order valence-corrected chi connectivity index (χ2v) is 6.83. The van der Waals surface area contributed by atoms with Gasteiger partial charge in [0.05, 0.1) is 5.02 Å². The molecule has 25 heavy (non-hydrogen) atoms. The van der Waals surface area contributed by atoms with Crippen molar-refractivity contribution in [2.24, 2.45) is 5.92 Å². The minimum absolute atomic E-state index is 0.0296. The molecule has 1 heterocycles. The highest BCUT2D eigenvalue weighted by Gasteiger charge is 2.16. The molecule has 0 atom stereocenters. The molecule has 132 valence electrons. The van der Waals surface area contributed by atoms with Crippen LogP contribution in [0.25, 0.3) is 0 Å². The fourth-order valence-corrected chi connectivity index (χ4v) is 3.07. The van der Waals surface area contributed by atoms with E-state index >= 15 is 0 Å². The minimum atomic E-state index is -0.518. The van der Waals surface area contributed by atoms with Crippen molar-refractivity contribution in [2.45, 2.75) is 19.8 Å². The zero-order valence-corrected chi connectivity index (χ0v) is 14.8. The Bertz CT molecular complexity index is 743. The number of urea groups is 1. The second kappa shape index (κ2) is 7.74. The number of benzene rings is 2. The van der Waals surface area contributed by atoms with Gasteiger partial charge in [-0.05, 0) is 61.2 Å². The topological polar surface area (TPSA) is 44.4 Å². The summed E-state index contributed by atoms with van der Waals surface area (Å²) in [5.74, 6) is 0.274. The highest BCUT2D eigenvalue weighted by molar-refractivity contribution is 6.31. The molecule has 0 spiro atoms. The van der Waals surface area contributed by atoms with Crippen LogP contribution in [0.4, 0.5) is 26.2 Å². The van der Waals surface area contributed by atoms with Crippen LogP contribution >= 0.6 is 11.6 Å². The highest BCUT2D eigenvalue weighted by atomic mass is 35.5. The van der Waals surface area contributed by atoms with E-state index in [1.165, 1.54) is 36.7 Å². The Morgan fingerprint density at radius 2 is 1.68 bits per heavy atom. The van der Waals surface area contributed by atoms with Gasteiger partial charge in [0.15, 0.2) is 0 Å². The molecule has 0 saturated carbocycles.